The maximum Gasteiger partial charge on any atom is 0.257 e. The molecule has 1 aliphatic rings. The lowest BCUT2D eigenvalue weighted by Gasteiger charge is -2.20. The third-order valence-corrected chi connectivity index (χ3v) is 3.43. The summed E-state index contributed by atoms with van der Waals surface area (Å²) >= 11 is 0. The first-order valence-corrected chi connectivity index (χ1v) is 5.94. The summed E-state index contributed by atoms with van der Waals surface area (Å²) in [5, 5.41) is 4.05. The molecule has 1 saturated carbocycles. The summed E-state index contributed by atoms with van der Waals surface area (Å²) in [4.78, 5) is 4.45. The van der Waals surface area contributed by atoms with Gasteiger partial charge in [-0.1, -0.05) is 11.6 Å². The largest absolute Gasteiger partial charge is 0.399 e. The Bertz CT molecular complexity index is 543. The van der Waals surface area contributed by atoms with Gasteiger partial charge in [0, 0.05) is 17.2 Å². The molecule has 0 saturated heterocycles. The van der Waals surface area contributed by atoms with Crippen LogP contribution in [0.25, 0.3) is 11.5 Å². The molecule has 2 aromatic rings. The van der Waals surface area contributed by atoms with Crippen molar-refractivity contribution in [3.8, 4) is 11.5 Å². The Kier molecular flexibility index (Phi) is 2.35. The van der Waals surface area contributed by atoms with Crippen LogP contribution in [0.5, 0.6) is 0 Å². The van der Waals surface area contributed by atoms with E-state index in [1.165, 1.54) is 19.3 Å². The summed E-state index contributed by atoms with van der Waals surface area (Å²) in [6.45, 7) is 1.97. The quantitative estimate of drug-likeness (QED) is 0.804. The Labute approximate surface area is 99.8 Å². The van der Waals surface area contributed by atoms with Crippen molar-refractivity contribution in [3.63, 3.8) is 0 Å². The second kappa shape index (κ2) is 3.87. The minimum absolute atomic E-state index is 0.502. The van der Waals surface area contributed by atoms with Crippen LogP contribution in [0.2, 0.25) is 0 Å². The van der Waals surface area contributed by atoms with Gasteiger partial charge in [-0.05, 0) is 43.5 Å². The number of nitrogens with zero attached hydrogens (tertiary/aromatic N) is 2. The maximum absolute atomic E-state index is 5.78. The zero-order valence-corrected chi connectivity index (χ0v) is 9.81. The number of anilines is 1. The van der Waals surface area contributed by atoms with Crippen LogP contribution < -0.4 is 5.73 Å². The molecule has 0 amide bonds. The van der Waals surface area contributed by atoms with Gasteiger partial charge in [0.1, 0.15) is 0 Å². The molecule has 0 atom stereocenters. The molecule has 1 aliphatic carbocycles. The van der Waals surface area contributed by atoms with E-state index in [0.717, 1.165) is 22.6 Å². The standard InChI is InChI=1S/C13H15N3O/c1-8-7-10(5-6-11(8)14)13-15-12(16-17-13)9-3-2-4-9/h5-7,9H,2-4,14H2,1H3. The van der Waals surface area contributed by atoms with Gasteiger partial charge in [-0.2, -0.15) is 4.98 Å². The molecule has 0 spiro atoms. The molecule has 1 heterocycles. The highest BCUT2D eigenvalue weighted by atomic mass is 16.5. The summed E-state index contributed by atoms with van der Waals surface area (Å²) < 4.78 is 5.30. The van der Waals surface area contributed by atoms with Crippen molar-refractivity contribution < 1.29 is 4.52 Å². The summed E-state index contributed by atoms with van der Waals surface area (Å²) in [5.41, 5.74) is 8.54. The lowest BCUT2D eigenvalue weighted by molar-refractivity contribution is 0.366. The lowest BCUT2D eigenvalue weighted by atomic mass is 9.85. The van der Waals surface area contributed by atoms with Gasteiger partial charge in [0.05, 0.1) is 0 Å². The second-order valence-corrected chi connectivity index (χ2v) is 4.66. The van der Waals surface area contributed by atoms with Gasteiger partial charge in [0.15, 0.2) is 5.82 Å². The maximum atomic E-state index is 5.78. The van der Waals surface area contributed by atoms with Gasteiger partial charge in [0.25, 0.3) is 5.89 Å². The van der Waals surface area contributed by atoms with E-state index < -0.39 is 0 Å². The van der Waals surface area contributed by atoms with Crippen molar-refractivity contribution in [1.29, 1.82) is 0 Å². The Hall–Kier alpha value is -1.84. The van der Waals surface area contributed by atoms with Crippen LogP contribution in [0.4, 0.5) is 5.69 Å². The first kappa shape index (κ1) is 10.3. The number of nitrogens with two attached hydrogens (primary N) is 1. The first-order valence-electron chi connectivity index (χ1n) is 5.94. The van der Waals surface area contributed by atoms with E-state index in [1.54, 1.807) is 0 Å². The SMILES string of the molecule is Cc1cc(-c2nc(C3CCC3)no2)ccc1N. The highest BCUT2D eigenvalue weighted by molar-refractivity contribution is 5.60. The molecule has 88 valence electrons. The molecule has 4 nitrogen and oxygen atoms in total. The number of aryl methyl sites for hydroxylation is 1. The molecule has 0 aliphatic heterocycles. The first-order chi connectivity index (χ1) is 8.24. The highest BCUT2D eigenvalue weighted by Gasteiger charge is 2.24. The van der Waals surface area contributed by atoms with E-state index in [1.807, 2.05) is 25.1 Å². The molecule has 17 heavy (non-hydrogen) atoms. The van der Waals surface area contributed by atoms with Gasteiger partial charge in [-0.15, -0.1) is 0 Å². The fraction of sp³-hybridized carbons (Fsp3) is 0.385. The smallest absolute Gasteiger partial charge is 0.257 e. The van der Waals surface area contributed by atoms with Crippen LogP contribution in [-0.2, 0) is 0 Å². The monoisotopic (exact) mass is 229 g/mol. The minimum atomic E-state index is 0.502. The number of aromatic nitrogens is 2. The Morgan fingerprint density at radius 3 is 2.82 bits per heavy atom. The van der Waals surface area contributed by atoms with Crippen molar-refractivity contribution in [2.45, 2.75) is 32.1 Å². The molecular weight excluding hydrogens is 214 g/mol. The third-order valence-electron chi connectivity index (χ3n) is 3.43. The Morgan fingerprint density at radius 1 is 1.35 bits per heavy atom. The molecule has 1 fully saturated rings. The van der Waals surface area contributed by atoms with Crippen molar-refractivity contribution in [2.75, 3.05) is 5.73 Å². The molecule has 1 aromatic heterocycles. The van der Waals surface area contributed by atoms with Crippen LogP contribution in [-0.4, -0.2) is 10.1 Å². The van der Waals surface area contributed by atoms with Crippen LogP contribution in [0.3, 0.4) is 0 Å². The van der Waals surface area contributed by atoms with E-state index in [-0.39, 0.29) is 0 Å². The normalized spacial score (nSPS) is 15.8. The number of hydrogen-bond donors (Lipinski definition) is 1. The number of nitrogen functional groups attached to an aromatic ring is 1. The topological polar surface area (TPSA) is 64.9 Å². The van der Waals surface area contributed by atoms with Gasteiger partial charge >= 0.3 is 0 Å². The predicted molar refractivity (Wildman–Crippen MR) is 65.5 cm³/mol. The average molecular weight is 229 g/mol. The van der Waals surface area contributed by atoms with E-state index in [2.05, 4.69) is 10.1 Å². The Balaban J connectivity index is 1.92. The van der Waals surface area contributed by atoms with Crippen molar-refractivity contribution in [2.24, 2.45) is 0 Å². The molecule has 0 radical (unpaired) electrons. The molecule has 4 heteroatoms. The average Bonchev–Trinajstić information content (AvgIpc) is 2.69. The van der Waals surface area contributed by atoms with E-state index in [9.17, 15) is 0 Å². The van der Waals surface area contributed by atoms with Crippen LogP contribution in [0.15, 0.2) is 22.7 Å². The van der Waals surface area contributed by atoms with Gasteiger partial charge in [-0.25, -0.2) is 0 Å². The molecule has 2 N–H and O–H groups in total. The van der Waals surface area contributed by atoms with Gasteiger partial charge in [-0.3, -0.25) is 0 Å². The fourth-order valence-corrected chi connectivity index (χ4v) is 1.99. The van der Waals surface area contributed by atoms with E-state index in [0.29, 0.717) is 11.8 Å². The summed E-state index contributed by atoms with van der Waals surface area (Å²) in [6.07, 6.45) is 3.63. The highest BCUT2D eigenvalue weighted by Crippen LogP contribution is 2.35. The van der Waals surface area contributed by atoms with Gasteiger partial charge in [0.2, 0.25) is 0 Å². The minimum Gasteiger partial charge on any atom is -0.399 e. The molecular formula is C13H15N3O. The van der Waals surface area contributed by atoms with E-state index in [4.69, 9.17) is 10.3 Å². The molecule has 1 aromatic carbocycles. The van der Waals surface area contributed by atoms with Crippen LogP contribution >= 0.6 is 0 Å². The van der Waals surface area contributed by atoms with Crippen molar-refractivity contribution >= 4 is 5.69 Å². The number of hydrogen-bond acceptors (Lipinski definition) is 4. The van der Waals surface area contributed by atoms with Gasteiger partial charge < -0.3 is 10.3 Å². The fourth-order valence-electron chi connectivity index (χ4n) is 1.99. The van der Waals surface area contributed by atoms with E-state index >= 15 is 0 Å². The van der Waals surface area contributed by atoms with Crippen molar-refractivity contribution in [3.05, 3.63) is 29.6 Å². The zero-order valence-electron chi connectivity index (χ0n) is 9.81. The Morgan fingerprint density at radius 2 is 2.18 bits per heavy atom. The van der Waals surface area contributed by atoms with Crippen molar-refractivity contribution in [1.82, 2.24) is 10.1 Å². The molecule has 3 rings (SSSR count). The third kappa shape index (κ3) is 1.79. The molecule has 0 unspecified atom stereocenters. The summed E-state index contributed by atoms with van der Waals surface area (Å²) in [6, 6.07) is 5.77. The second-order valence-electron chi connectivity index (χ2n) is 4.66. The zero-order chi connectivity index (χ0) is 11.8. The van der Waals surface area contributed by atoms with Crippen LogP contribution in [0, 0.1) is 6.92 Å². The summed E-state index contributed by atoms with van der Waals surface area (Å²) in [5.74, 6) is 1.94. The summed E-state index contributed by atoms with van der Waals surface area (Å²) in [7, 11) is 0. The van der Waals surface area contributed by atoms with Crippen LogP contribution in [0.1, 0.15) is 36.6 Å². The number of rotatable bonds is 2. The lowest BCUT2D eigenvalue weighted by Crippen LogP contribution is -2.10. The number of benzene rings is 1. The predicted octanol–water partition coefficient (Wildman–Crippen LogP) is 2.89. The molecule has 0 bridgehead atoms.